The molecule has 0 radical (unpaired) electrons. The number of nitro groups is 1. The van der Waals surface area contributed by atoms with Crippen LogP contribution in [0.2, 0.25) is 0 Å². The fraction of sp³-hybridized carbons (Fsp3) is 0.533. The molecule has 0 aliphatic carbocycles. The maximum atomic E-state index is 11.4. The van der Waals surface area contributed by atoms with Crippen LogP contribution in [-0.2, 0) is 4.79 Å². The molecule has 1 amide bonds. The van der Waals surface area contributed by atoms with E-state index in [4.69, 9.17) is 0 Å². The van der Waals surface area contributed by atoms with Crippen LogP contribution in [0.4, 0.5) is 17.1 Å². The van der Waals surface area contributed by atoms with Gasteiger partial charge >= 0.3 is 0 Å². The summed E-state index contributed by atoms with van der Waals surface area (Å²) in [7, 11) is 0. The lowest BCUT2D eigenvalue weighted by Gasteiger charge is -2.37. The smallest absolute Gasteiger partial charge is 0.271 e. The number of nitrogens with zero attached hydrogens (tertiary/aromatic N) is 2. The largest absolute Gasteiger partial charge is 0.369 e. The highest BCUT2D eigenvalue weighted by molar-refractivity contribution is 5.93. The summed E-state index contributed by atoms with van der Waals surface area (Å²) >= 11 is 0. The predicted molar refractivity (Wildman–Crippen MR) is 82.6 cm³/mol. The zero-order chi connectivity index (χ0) is 15.6. The number of benzene rings is 1. The number of hydrogen-bond acceptors (Lipinski definition) is 4. The van der Waals surface area contributed by atoms with Crippen molar-refractivity contribution in [3.63, 3.8) is 0 Å². The SMILES string of the molecule is CC(=O)Nc1cc([N+](=O)[O-])ccc1N1C[C@H](C)C[C@H](C)C1. The Morgan fingerprint density at radius 1 is 1.33 bits per heavy atom. The molecule has 1 N–H and O–H groups in total. The molecule has 1 heterocycles. The number of nitro benzene ring substituents is 1. The van der Waals surface area contributed by atoms with Crippen molar-refractivity contribution in [2.75, 3.05) is 23.3 Å². The van der Waals surface area contributed by atoms with E-state index in [0.717, 1.165) is 18.8 Å². The Labute approximate surface area is 124 Å². The Kier molecular flexibility index (Phi) is 4.45. The normalized spacial score (nSPS) is 22.0. The molecule has 0 bridgehead atoms. The Hall–Kier alpha value is -2.11. The van der Waals surface area contributed by atoms with Crippen LogP contribution < -0.4 is 10.2 Å². The van der Waals surface area contributed by atoms with Gasteiger partial charge in [0.05, 0.1) is 16.3 Å². The zero-order valence-electron chi connectivity index (χ0n) is 12.6. The molecule has 0 saturated carbocycles. The van der Waals surface area contributed by atoms with Gasteiger partial charge in [0.1, 0.15) is 0 Å². The third-order valence-electron chi connectivity index (χ3n) is 3.71. The van der Waals surface area contributed by atoms with Crippen molar-refractivity contribution in [1.82, 2.24) is 0 Å². The van der Waals surface area contributed by atoms with E-state index in [1.54, 1.807) is 6.07 Å². The van der Waals surface area contributed by atoms with Gasteiger partial charge in [-0.1, -0.05) is 13.8 Å². The van der Waals surface area contributed by atoms with Gasteiger partial charge in [-0.05, 0) is 24.3 Å². The maximum absolute atomic E-state index is 11.4. The number of carbonyl (C=O) groups is 1. The minimum Gasteiger partial charge on any atom is -0.369 e. The minimum atomic E-state index is -0.448. The van der Waals surface area contributed by atoms with Crippen LogP contribution in [-0.4, -0.2) is 23.9 Å². The molecule has 0 unspecified atom stereocenters. The van der Waals surface area contributed by atoms with Gasteiger partial charge in [-0.15, -0.1) is 0 Å². The molecular weight excluding hydrogens is 270 g/mol. The van der Waals surface area contributed by atoms with Crippen LogP contribution in [0.1, 0.15) is 27.2 Å². The van der Waals surface area contributed by atoms with Gasteiger partial charge in [0.15, 0.2) is 0 Å². The number of anilines is 2. The summed E-state index contributed by atoms with van der Waals surface area (Å²) in [5.74, 6) is 0.901. The molecule has 0 aromatic heterocycles. The Morgan fingerprint density at radius 3 is 2.48 bits per heavy atom. The van der Waals surface area contributed by atoms with E-state index in [1.807, 2.05) is 0 Å². The van der Waals surface area contributed by atoms with Crippen LogP contribution in [0.25, 0.3) is 0 Å². The quantitative estimate of drug-likeness (QED) is 0.686. The summed E-state index contributed by atoms with van der Waals surface area (Å²) in [6, 6.07) is 4.65. The topological polar surface area (TPSA) is 75.5 Å². The Morgan fingerprint density at radius 2 is 1.95 bits per heavy atom. The van der Waals surface area contributed by atoms with Crippen LogP contribution in [0.15, 0.2) is 18.2 Å². The van der Waals surface area contributed by atoms with Crippen LogP contribution in [0.5, 0.6) is 0 Å². The summed E-state index contributed by atoms with van der Waals surface area (Å²) in [6.45, 7) is 7.60. The van der Waals surface area contributed by atoms with Crippen molar-refractivity contribution in [3.05, 3.63) is 28.3 Å². The number of hydrogen-bond donors (Lipinski definition) is 1. The van der Waals surface area contributed by atoms with Gasteiger partial charge in [-0.3, -0.25) is 14.9 Å². The highest BCUT2D eigenvalue weighted by Crippen LogP contribution is 2.34. The van der Waals surface area contributed by atoms with E-state index < -0.39 is 4.92 Å². The second kappa shape index (κ2) is 6.11. The first-order chi connectivity index (χ1) is 9.86. The average molecular weight is 291 g/mol. The van der Waals surface area contributed by atoms with Crippen molar-refractivity contribution >= 4 is 23.0 Å². The molecule has 6 nitrogen and oxygen atoms in total. The van der Waals surface area contributed by atoms with Crippen LogP contribution in [0, 0.1) is 22.0 Å². The van der Waals surface area contributed by atoms with E-state index in [9.17, 15) is 14.9 Å². The first-order valence-electron chi connectivity index (χ1n) is 7.17. The van der Waals surface area contributed by atoms with Crippen molar-refractivity contribution < 1.29 is 9.72 Å². The Balaban J connectivity index is 2.36. The van der Waals surface area contributed by atoms with E-state index in [1.165, 1.54) is 25.5 Å². The lowest BCUT2D eigenvalue weighted by atomic mass is 9.91. The third-order valence-corrected chi connectivity index (χ3v) is 3.71. The lowest BCUT2D eigenvalue weighted by Crippen LogP contribution is -2.39. The molecule has 1 aromatic carbocycles. The van der Waals surface area contributed by atoms with Gasteiger partial charge < -0.3 is 10.2 Å². The predicted octanol–water partition coefficient (Wildman–Crippen LogP) is 3.04. The third kappa shape index (κ3) is 3.71. The van der Waals surface area contributed by atoms with Gasteiger partial charge in [0.25, 0.3) is 5.69 Å². The molecule has 2 rings (SSSR count). The molecule has 1 saturated heterocycles. The molecule has 2 atom stereocenters. The van der Waals surface area contributed by atoms with E-state index in [2.05, 4.69) is 24.1 Å². The summed E-state index contributed by atoms with van der Waals surface area (Å²) in [4.78, 5) is 24.0. The van der Waals surface area contributed by atoms with Gasteiger partial charge in [0, 0.05) is 32.1 Å². The molecule has 114 valence electrons. The molecular formula is C15H21N3O3. The van der Waals surface area contributed by atoms with Crippen molar-refractivity contribution in [1.29, 1.82) is 0 Å². The average Bonchev–Trinajstić information content (AvgIpc) is 2.36. The minimum absolute atomic E-state index is 0.0133. The van der Waals surface area contributed by atoms with Crippen LogP contribution in [0.3, 0.4) is 0 Å². The van der Waals surface area contributed by atoms with Gasteiger partial charge in [-0.25, -0.2) is 0 Å². The second-order valence-electron chi connectivity index (χ2n) is 5.99. The first-order valence-corrected chi connectivity index (χ1v) is 7.17. The zero-order valence-corrected chi connectivity index (χ0v) is 12.6. The van der Waals surface area contributed by atoms with Gasteiger partial charge in [0.2, 0.25) is 5.91 Å². The summed E-state index contributed by atoms with van der Waals surface area (Å²) in [5.41, 5.74) is 1.35. The van der Waals surface area contributed by atoms with Crippen LogP contribution >= 0.6 is 0 Å². The fourth-order valence-electron chi connectivity index (χ4n) is 3.06. The monoisotopic (exact) mass is 291 g/mol. The van der Waals surface area contributed by atoms with Crippen molar-refractivity contribution in [2.45, 2.75) is 27.2 Å². The number of piperidine rings is 1. The number of rotatable bonds is 3. The molecule has 1 aliphatic heterocycles. The number of non-ortho nitro benzene ring substituents is 1. The number of nitrogens with one attached hydrogen (secondary N) is 1. The highest BCUT2D eigenvalue weighted by Gasteiger charge is 2.24. The van der Waals surface area contributed by atoms with E-state index in [-0.39, 0.29) is 11.6 Å². The lowest BCUT2D eigenvalue weighted by molar-refractivity contribution is -0.384. The molecule has 1 aliphatic rings. The van der Waals surface area contributed by atoms with Crippen molar-refractivity contribution in [3.8, 4) is 0 Å². The molecule has 1 aromatic rings. The maximum Gasteiger partial charge on any atom is 0.271 e. The summed E-state index contributed by atoms with van der Waals surface area (Å²) in [6.07, 6.45) is 1.18. The standard InChI is InChI=1S/C15H21N3O3/c1-10-6-11(2)9-17(8-10)15-5-4-13(18(20)21)7-14(15)16-12(3)19/h4-5,7,10-11H,6,8-9H2,1-3H3,(H,16,19)/t10-,11+. The molecule has 21 heavy (non-hydrogen) atoms. The Bertz CT molecular complexity index is 549. The number of carbonyl (C=O) groups excluding carboxylic acids is 1. The fourth-order valence-corrected chi connectivity index (χ4v) is 3.06. The molecule has 6 heteroatoms. The summed E-state index contributed by atoms with van der Waals surface area (Å²) in [5, 5.41) is 13.6. The number of amides is 1. The van der Waals surface area contributed by atoms with E-state index in [0.29, 0.717) is 17.5 Å². The molecule has 0 spiro atoms. The molecule has 1 fully saturated rings. The van der Waals surface area contributed by atoms with Crippen molar-refractivity contribution in [2.24, 2.45) is 11.8 Å². The second-order valence-corrected chi connectivity index (χ2v) is 5.99. The van der Waals surface area contributed by atoms with Gasteiger partial charge in [-0.2, -0.15) is 0 Å². The summed E-state index contributed by atoms with van der Waals surface area (Å²) < 4.78 is 0. The highest BCUT2D eigenvalue weighted by atomic mass is 16.6. The first kappa shape index (κ1) is 15.3. The van der Waals surface area contributed by atoms with E-state index >= 15 is 0 Å².